The first-order valence-electron chi connectivity index (χ1n) is 7.27. The number of nitrogens with one attached hydrogen (secondary N) is 2. The summed E-state index contributed by atoms with van der Waals surface area (Å²) in [5, 5.41) is 11.0. The van der Waals surface area contributed by atoms with Gasteiger partial charge in [0.05, 0.1) is 25.5 Å². The van der Waals surface area contributed by atoms with Gasteiger partial charge < -0.3 is 19.9 Å². The highest BCUT2D eigenvalue weighted by molar-refractivity contribution is 7.80. The Morgan fingerprint density at radius 3 is 2.72 bits per heavy atom. The van der Waals surface area contributed by atoms with Crippen molar-refractivity contribution in [3.63, 3.8) is 0 Å². The lowest BCUT2D eigenvalue weighted by Gasteiger charge is -2.08. The number of hydrogen-bond acceptors (Lipinski definition) is 6. The van der Waals surface area contributed by atoms with Gasteiger partial charge in [-0.2, -0.15) is 4.98 Å². The van der Waals surface area contributed by atoms with E-state index in [0.29, 0.717) is 34.3 Å². The summed E-state index contributed by atoms with van der Waals surface area (Å²) in [5.41, 5.74) is 1.56. The number of pyridine rings is 1. The lowest BCUT2D eigenvalue weighted by atomic mass is 10.2. The van der Waals surface area contributed by atoms with Gasteiger partial charge in [0.2, 0.25) is 17.6 Å². The number of thiocarbonyl (C=S) groups is 1. The second kappa shape index (κ2) is 7.91. The molecule has 0 aliphatic rings. The van der Waals surface area contributed by atoms with Crippen LogP contribution < -0.4 is 15.4 Å². The fraction of sp³-hybridized carbons (Fsp3) is 0.125. The minimum atomic E-state index is 0.302. The Kier molecular flexibility index (Phi) is 5.42. The summed E-state index contributed by atoms with van der Waals surface area (Å²) in [4.78, 5) is 8.40. The smallest absolute Gasteiger partial charge is 0.246 e. The molecule has 3 aromatic rings. The molecule has 0 fully saturated rings. The molecule has 0 aliphatic heterocycles. The highest BCUT2D eigenvalue weighted by atomic mass is 35.5. The van der Waals surface area contributed by atoms with Crippen LogP contribution in [0.4, 0.5) is 5.69 Å². The molecule has 2 heterocycles. The largest absolute Gasteiger partial charge is 0.481 e. The van der Waals surface area contributed by atoms with Crippen LogP contribution >= 0.6 is 23.8 Å². The van der Waals surface area contributed by atoms with E-state index in [1.54, 1.807) is 31.5 Å². The summed E-state index contributed by atoms with van der Waals surface area (Å²) in [6.45, 7) is 0.302. The summed E-state index contributed by atoms with van der Waals surface area (Å²) >= 11 is 11.1. The number of methoxy groups -OCH3 is 1. The van der Waals surface area contributed by atoms with Crippen LogP contribution in [0.15, 0.2) is 47.1 Å². The number of hydrogen-bond donors (Lipinski definition) is 2. The Bertz CT molecular complexity index is 852. The summed E-state index contributed by atoms with van der Waals surface area (Å²) < 4.78 is 10.2. The van der Waals surface area contributed by atoms with Gasteiger partial charge in [-0.05, 0) is 42.5 Å². The van der Waals surface area contributed by atoms with Crippen LogP contribution in [0.1, 0.15) is 5.89 Å². The van der Waals surface area contributed by atoms with E-state index in [9.17, 15) is 0 Å². The first-order chi connectivity index (χ1) is 12.1. The molecular formula is C16H14ClN5O2S. The molecule has 2 aromatic heterocycles. The lowest BCUT2D eigenvalue weighted by Crippen LogP contribution is -2.28. The first kappa shape index (κ1) is 17.1. The molecule has 7 nitrogen and oxygen atoms in total. The summed E-state index contributed by atoms with van der Waals surface area (Å²) in [6.07, 6.45) is 1.62. The molecule has 0 saturated carbocycles. The zero-order valence-electron chi connectivity index (χ0n) is 13.2. The fourth-order valence-electron chi connectivity index (χ4n) is 1.95. The zero-order valence-corrected chi connectivity index (χ0v) is 14.8. The third kappa shape index (κ3) is 4.65. The molecule has 3 rings (SSSR count). The maximum atomic E-state index is 5.87. The van der Waals surface area contributed by atoms with Crippen LogP contribution in [-0.4, -0.2) is 27.3 Å². The van der Waals surface area contributed by atoms with Crippen molar-refractivity contribution in [2.45, 2.75) is 6.54 Å². The van der Waals surface area contributed by atoms with Crippen molar-refractivity contribution in [2.75, 3.05) is 12.4 Å². The van der Waals surface area contributed by atoms with E-state index in [1.807, 2.05) is 18.2 Å². The number of rotatable bonds is 5. The van der Waals surface area contributed by atoms with Gasteiger partial charge in [-0.1, -0.05) is 16.8 Å². The SMILES string of the molecule is COc1ccc(NC(=S)NCc2nc(-c3ccc(Cl)cc3)no2)cn1. The van der Waals surface area contributed by atoms with Crippen molar-refractivity contribution in [1.29, 1.82) is 0 Å². The van der Waals surface area contributed by atoms with Crippen molar-refractivity contribution >= 4 is 34.6 Å². The summed E-state index contributed by atoms with van der Waals surface area (Å²) in [7, 11) is 1.56. The molecule has 0 atom stereocenters. The monoisotopic (exact) mass is 375 g/mol. The quantitative estimate of drug-likeness (QED) is 0.657. The molecule has 128 valence electrons. The molecule has 0 unspecified atom stereocenters. The summed E-state index contributed by atoms with van der Waals surface area (Å²) in [6, 6.07) is 10.7. The molecule has 0 spiro atoms. The van der Waals surface area contributed by atoms with Gasteiger partial charge in [0.25, 0.3) is 0 Å². The minimum Gasteiger partial charge on any atom is -0.481 e. The van der Waals surface area contributed by atoms with Gasteiger partial charge in [0.1, 0.15) is 0 Å². The number of nitrogens with zero attached hydrogens (tertiary/aromatic N) is 3. The van der Waals surface area contributed by atoms with Crippen LogP contribution in [0, 0.1) is 0 Å². The Labute approximate surface area is 154 Å². The molecule has 0 bridgehead atoms. The van der Waals surface area contributed by atoms with E-state index in [4.69, 9.17) is 33.1 Å². The average molecular weight is 376 g/mol. The second-order valence-corrected chi connectivity index (χ2v) is 5.76. The van der Waals surface area contributed by atoms with E-state index < -0.39 is 0 Å². The van der Waals surface area contributed by atoms with Crippen molar-refractivity contribution in [3.05, 3.63) is 53.5 Å². The average Bonchev–Trinajstić information content (AvgIpc) is 3.10. The first-order valence-corrected chi connectivity index (χ1v) is 8.06. The Morgan fingerprint density at radius 2 is 2.04 bits per heavy atom. The van der Waals surface area contributed by atoms with Gasteiger partial charge in [-0.25, -0.2) is 4.98 Å². The topological polar surface area (TPSA) is 85.1 Å². The number of anilines is 1. The van der Waals surface area contributed by atoms with E-state index in [-0.39, 0.29) is 0 Å². The predicted molar refractivity (Wildman–Crippen MR) is 98.6 cm³/mol. The van der Waals surface area contributed by atoms with Crippen molar-refractivity contribution in [2.24, 2.45) is 0 Å². The molecular weight excluding hydrogens is 362 g/mol. The Balaban J connectivity index is 1.54. The van der Waals surface area contributed by atoms with Crippen molar-refractivity contribution < 1.29 is 9.26 Å². The second-order valence-electron chi connectivity index (χ2n) is 4.92. The molecule has 0 saturated heterocycles. The standard InChI is InChI=1S/C16H14ClN5O2S/c1-23-13-7-6-12(8-18-13)20-16(25)19-9-14-21-15(22-24-14)10-2-4-11(17)5-3-10/h2-8H,9H2,1H3,(H2,19,20,25). The fourth-order valence-corrected chi connectivity index (χ4v) is 2.27. The van der Waals surface area contributed by atoms with Crippen LogP contribution in [0.2, 0.25) is 5.02 Å². The van der Waals surface area contributed by atoms with Gasteiger partial charge in [-0.3, -0.25) is 0 Å². The van der Waals surface area contributed by atoms with E-state index in [1.165, 1.54) is 0 Å². The number of halogens is 1. The Morgan fingerprint density at radius 1 is 1.24 bits per heavy atom. The van der Waals surface area contributed by atoms with Gasteiger partial charge in [-0.15, -0.1) is 0 Å². The molecule has 0 amide bonds. The molecule has 2 N–H and O–H groups in total. The van der Waals surface area contributed by atoms with E-state index in [2.05, 4.69) is 25.8 Å². The third-order valence-electron chi connectivity index (χ3n) is 3.17. The van der Waals surface area contributed by atoms with Gasteiger partial charge >= 0.3 is 0 Å². The van der Waals surface area contributed by atoms with Crippen molar-refractivity contribution in [3.8, 4) is 17.3 Å². The van der Waals surface area contributed by atoms with Crippen LogP contribution in [0.3, 0.4) is 0 Å². The van der Waals surface area contributed by atoms with Crippen LogP contribution in [0.5, 0.6) is 5.88 Å². The highest BCUT2D eigenvalue weighted by Crippen LogP contribution is 2.18. The zero-order chi connectivity index (χ0) is 17.6. The number of benzene rings is 1. The normalized spacial score (nSPS) is 10.3. The van der Waals surface area contributed by atoms with Crippen molar-refractivity contribution in [1.82, 2.24) is 20.4 Å². The van der Waals surface area contributed by atoms with Crippen LogP contribution in [0.25, 0.3) is 11.4 Å². The number of ether oxygens (including phenoxy) is 1. The molecule has 0 radical (unpaired) electrons. The molecule has 1 aromatic carbocycles. The maximum Gasteiger partial charge on any atom is 0.246 e. The summed E-state index contributed by atoms with van der Waals surface area (Å²) in [5.74, 6) is 1.44. The van der Waals surface area contributed by atoms with E-state index in [0.717, 1.165) is 11.3 Å². The van der Waals surface area contributed by atoms with Gasteiger partial charge in [0.15, 0.2) is 5.11 Å². The highest BCUT2D eigenvalue weighted by Gasteiger charge is 2.09. The lowest BCUT2D eigenvalue weighted by molar-refractivity contribution is 0.376. The molecule has 25 heavy (non-hydrogen) atoms. The Hall–Kier alpha value is -2.71. The molecule has 9 heteroatoms. The van der Waals surface area contributed by atoms with E-state index >= 15 is 0 Å². The molecule has 0 aliphatic carbocycles. The maximum absolute atomic E-state index is 5.87. The minimum absolute atomic E-state index is 0.302. The number of aromatic nitrogens is 3. The van der Waals surface area contributed by atoms with Gasteiger partial charge in [0, 0.05) is 16.7 Å². The third-order valence-corrected chi connectivity index (χ3v) is 3.67. The van der Waals surface area contributed by atoms with Crippen LogP contribution in [-0.2, 0) is 6.54 Å². The predicted octanol–water partition coefficient (Wildman–Crippen LogP) is 3.28.